The summed E-state index contributed by atoms with van der Waals surface area (Å²) < 4.78 is 1.82. The molecule has 5 rings (SSSR count). The first-order valence-electron chi connectivity index (χ1n) is 13.9. The van der Waals surface area contributed by atoms with E-state index in [0.29, 0.717) is 11.5 Å². The Bertz CT molecular complexity index is 1270. The van der Waals surface area contributed by atoms with E-state index in [2.05, 4.69) is 46.5 Å². The maximum Gasteiger partial charge on any atom is 0.253 e. The number of anilines is 1. The Kier molecular flexibility index (Phi) is 7.93. The molecule has 38 heavy (non-hydrogen) atoms. The lowest BCUT2D eigenvalue weighted by molar-refractivity contribution is -0.124. The predicted molar refractivity (Wildman–Crippen MR) is 151 cm³/mol. The van der Waals surface area contributed by atoms with Crippen LogP contribution in [0.15, 0.2) is 54.9 Å². The number of hydrogen-bond donors (Lipinski definition) is 1. The molecule has 0 spiro atoms. The Balaban J connectivity index is 1.15. The zero-order chi connectivity index (χ0) is 26.6. The van der Waals surface area contributed by atoms with Gasteiger partial charge in [-0.15, -0.1) is 0 Å². The number of nitrogens with zero attached hydrogens (tertiary/aromatic N) is 4. The first kappa shape index (κ1) is 26.2. The average Bonchev–Trinajstić information content (AvgIpc) is 3.35. The number of aryl methyl sites for hydroxylation is 2. The molecular formula is C31H39N5O2. The summed E-state index contributed by atoms with van der Waals surface area (Å²) in [6, 6.07) is 14.4. The minimum Gasteiger partial charge on any atom is -0.339 e. The van der Waals surface area contributed by atoms with Crippen molar-refractivity contribution in [3.63, 3.8) is 0 Å². The zero-order valence-electron chi connectivity index (χ0n) is 22.8. The van der Waals surface area contributed by atoms with E-state index >= 15 is 0 Å². The van der Waals surface area contributed by atoms with E-state index in [9.17, 15) is 9.59 Å². The molecule has 0 aliphatic carbocycles. The number of rotatable bonds is 8. The third-order valence-electron chi connectivity index (χ3n) is 8.10. The quantitative estimate of drug-likeness (QED) is 0.456. The van der Waals surface area contributed by atoms with Gasteiger partial charge in [-0.2, -0.15) is 5.10 Å². The van der Waals surface area contributed by atoms with Crippen LogP contribution in [-0.2, 0) is 11.8 Å². The topological polar surface area (TPSA) is 70.5 Å². The van der Waals surface area contributed by atoms with Gasteiger partial charge in [-0.3, -0.25) is 14.3 Å². The standard InChI is InChI=1S/C31H39N5O2/c1-4-5-14-35-20-28(21-35)30(37)33-29-17-26(7-6-22(29)2)31(38)36-15-12-25(13-16-36)23-8-10-24(11-9-23)27-18-32-34(3)19-27/h6-11,17-19,25,28H,4-5,12-16,20-21H2,1-3H3,(H,33,37). The third-order valence-corrected chi connectivity index (χ3v) is 8.10. The van der Waals surface area contributed by atoms with Gasteiger partial charge < -0.3 is 15.1 Å². The van der Waals surface area contributed by atoms with Gasteiger partial charge >= 0.3 is 0 Å². The molecule has 0 bridgehead atoms. The predicted octanol–water partition coefficient (Wildman–Crippen LogP) is 5.09. The van der Waals surface area contributed by atoms with E-state index in [4.69, 9.17) is 0 Å². The summed E-state index contributed by atoms with van der Waals surface area (Å²) in [5.41, 5.74) is 5.98. The molecule has 1 N–H and O–H groups in total. The van der Waals surface area contributed by atoms with Crippen LogP contribution in [0.1, 0.15) is 60.0 Å². The van der Waals surface area contributed by atoms with Crippen molar-refractivity contribution in [2.45, 2.75) is 45.4 Å². The molecule has 7 nitrogen and oxygen atoms in total. The van der Waals surface area contributed by atoms with Crippen LogP contribution in [0.25, 0.3) is 11.1 Å². The number of likely N-dealkylation sites (tertiary alicyclic amines) is 2. The largest absolute Gasteiger partial charge is 0.339 e. The number of hydrogen-bond acceptors (Lipinski definition) is 4. The third kappa shape index (κ3) is 5.83. The van der Waals surface area contributed by atoms with Crippen LogP contribution in [0.5, 0.6) is 0 Å². The molecule has 2 saturated heterocycles. The molecule has 2 amide bonds. The Labute approximate surface area is 225 Å². The minimum absolute atomic E-state index is 0.0306. The lowest BCUT2D eigenvalue weighted by Gasteiger charge is -2.38. The monoisotopic (exact) mass is 513 g/mol. The van der Waals surface area contributed by atoms with Gasteiger partial charge in [0, 0.05) is 56.2 Å². The molecule has 200 valence electrons. The van der Waals surface area contributed by atoms with Crippen molar-refractivity contribution >= 4 is 17.5 Å². The van der Waals surface area contributed by atoms with Gasteiger partial charge in [-0.05, 0) is 67.5 Å². The number of piperidine rings is 1. The second-order valence-electron chi connectivity index (χ2n) is 10.9. The van der Waals surface area contributed by atoms with Gasteiger partial charge in [0.25, 0.3) is 5.91 Å². The Morgan fingerprint density at radius 1 is 1.03 bits per heavy atom. The highest BCUT2D eigenvalue weighted by Gasteiger charge is 2.32. The molecular weight excluding hydrogens is 474 g/mol. The summed E-state index contributed by atoms with van der Waals surface area (Å²) in [6.45, 7) is 8.35. The summed E-state index contributed by atoms with van der Waals surface area (Å²) in [5.74, 6) is 0.582. The van der Waals surface area contributed by atoms with Crippen molar-refractivity contribution in [2.75, 3.05) is 38.0 Å². The average molecular weight is 514 g/mol. The van der Waals surface area contributed by atoms with E-state index in [1.807, 2.05) is 54.1 Å². The normalized spacial score (nSPS) is 16.9. The molecule has 2 aliphatic rings. The number of aromatic nitrogens is 2. The van der Waals surface area contributed by atoms with Crippen LogP contribution in [0.4, 0.5) is 5.69 Å². The summed E-state index contributed by atoms with van der Waals surface area (Å²) in [5, 5.41) is 7.35. The van der Waals surface area contributed by atoms with Gasteiger partial charge in [0.2, 0.25) is 5.91 Å². The van der Waals surface area contributed by atoms with Crippen LogP contribution in [-0.4, -0.2) is 64.1 Å². The highest BCUT2D eigenvalue weighted by Crippen LogP contribution is 2.31. The second kappa shape index (κ2) is 11.5. The lowest BCUT2D eigenvalue weighted by atomic mass is 9.88. The summed E-state index contributed by atoms with van der Waals surface area (Å²) in [6.07, 6.45) is 8.15. The summed E-state index contributed by atoms with van der Waals surface area (Å²) in [4.78, 5) is 30.4. The molecule has 0 saturated carbocycles. The van der Waals surface area contributed by atoms with Crippen molar-refractivity contribution in [1.82, 2.24) is 19.6 Å². The molecule has 2 aliphatic heterocycles. The van der Waals surface area contributed by atoms with Crippen molar-refractivity contribution < 1.29 is 9.59 Å². The molecule has 2 fully saturated rings. The van der Waals surface area contributed by atoms with E-state index < -0.39 is 0 Å². The number of carbonyl (C=O) groups excluding carboxylic acids is 2. The van der Waals surface area contributed by atoms with Crippen LogP contribution >= 0.6 is 0 Å². The Hall–Kier alpha value is -3.45. The van der Waals surface area contributed by atoms with Gasteiger partial charge in [-0.25, -0.2) is 0 Å². The van der Waals surface area contributed by atoms with Crippen molar-refractivity contribution in [3.8, 4) is 11.1 Å². The summed E-state index contributed by atoms with van der Waals surface area (Å²) in [7, 11) is 1.93. The maximum atomic E-state index is 13.3. The second-order valence-corrected chi connectivity index (χ2v) is 10.9. The lowest BCUT2D eigenvalue weighted by Crippen LogP contribution is -2.52. The molecule has 0 unspecified atom stereocenters. The van der Waals surface area contributed by atoms with Gasteiger partial charge in [0.1, 0.15) is 0 Å². The van der Waals surface area contributed by atoms with Gasteiger partial charge in [-0.1, -0.05) is 43.7 Å². The van der Waals surface area contributed by atoms with Crippen LogP contribution in [0, 0.1) is 12.8 Å². The van der Waals surface area contributed by atoms with Crippen molar-refractivity contribution in [2.24, 2.45) is 13.0 Å². The van der Waals surface area contributed by atoms with Crippen molar-refractivity contribution in [1.29, 1.82) is 0 Å². The van der Waals surface area contributed by atoms with E-state index in [-0.39, 0.29) is 17.7 Å². The Morgan fingerprint density at radius 2 is 1.76 bits per heavy atom. The number of nitrogens with one attached hydrogen (secondary N) is 1. The van der Waals surface area contributed by atoms with Crippen LogP contribution in [0.2, 0.25) is 0 Å². The minimum atomic E-state index is 0.0306. The molecule has 0 atom stereocenters. The first-order chi connectivity index (χ1) is 18.4. The molecule has 2 aromatic carbocycles. The number of carbonyl (C=O) groups is 2. The fourth-order valence-electron chi connectivity index (χ4n) is 5.54. The highest BCUT2D eigenvalue weighted by molar-refractivity contribution is 5.98. The van der Waals surface area contributed by atoms with E-state index in [1.165, 1.54) is 24.0 Å². The van der Waals surface area contributed by atoms with E-state index in [0.717, 1.165) is 62.4 Å². The fraction of sp³-hybridized carbons (Fsp3) is 0.452. The molecule has 0 radical (unpaired) electrons. The number of amides is 2. The molecule has 3 heterocycles. The van der Waals surface area contributed by atoms with Crippen molar-refractivity contribution in [3.05, 3.63) is 71.5 Å². The SMILES string of the molecule is CCCCN1CC(C(=O)Nc2cc(C(=O)N3CCC(c4ccc(-c5cnn(C)c5)cc4)CC3)ccc2C)C1. The highest BCUT2D eigenvalue weighted by atomic mass is 16.2. The van der Waals surface area contributed by atoms with Crippen LogP contribution < -0.4 is 5.32 Å². The van der Waals surface area contributed by atoms with Gasteiger partial charge in [0.15, 0.2) is 0 Å². The fourth-order valence-corrected chi connectivity index (χ4v) is 5.54. The van der Waals surface area contributed by atoms with Crippen LogP contribution in [0.3, 0.4) is 0 Å². The maximum absolute atomic E-state index is 13.3. The Morgan fingerprint density at radius 3 is 2.42 bits per heavy atom. The smallest absolute Gasteiger partial charge is 0.253 e. The molecule has 7 heteroatoms. The molecule has 3 aromatic rings. The number of unbranched alkanes of at least 4 members (excludes halogenated alkanes) is 1. The molecule has 1 aromatic heterocycles. The first-order valence-corrected chi connectivity index (χ1v) is 13.9. The zero-order valence-corrected chi connectivity index (χ0v) is 22.8. The summed E-state index contributed by atoms with van der Waals surface area (Å²) >= 11 is 0. The number of benzene rings is 2. The van der Waals surface area contributed by atoms with E-state index in [1.54, 1.807) is 0 Å². The van der Waals surface area contributed by atoms with Gasteiger partial charge in [0.05, 0.1) is 12.1 Å².